The lowest BCUT2D eigenvalue weighted by Gasteiger charge is -2.35. The second kappa shape index (κ2) is 6.21. The summed E-state index contributed by atoms with van der Waals surface area (Å²) < 4.78 is 5.58. The fourth-order valence-corrected chi connectivity index (χ4v) is 2.19. The van der Waals surface area contributed by atoms with E-state index in [1.54, 1.807) is 0 Å². The maximum absolute atomic E-state index is 9.94. The minimum Gasteiger partial charge on any atom is -0.491 e. The molecule has 0 spiro atoms. The molecule has 1 saturated carbocycles. The Labute approximate surface area is 109 Å². The molecule has 0 amide bonds. The van der Waals surface area contributed by atoms with Crippen molar-refractivity contribution in [3.63, 3.8) is 0 Å². The van der Waals surface area contributed by atoms with Gasteiger partial charge in [0.1, 0.15) is 18.5 Å². The largest absolute Gasteiger partial charge is 0.491 e. The van der Waals surface area contributed by atoms with Gasteiger partial charge in [0.15, 0.2) is 0 Å². The van der Waals surface area contributed by atoms with Crippen LogP contribution in [0.15, 0.2) is 24.3 Å². The molecular weight excluding hydrogens is 226 g/mol. The number of likely N-dealkylation sites (N-methyl/N-ethyl adjacent to an activating group) is 1. The van der Waals surface area contributed by atoms with Crippen LogP contribution in [0.1, 0.15) is 24.8 Å². The molecule has 0 bridgehead atoms. The van der Waals surface area contributed by atoms with Gasteiger partial charge < -0.3 is 14.7 Å². The first-order chi connectivity index (χ1) is 8.65. The topological polar surface area (TPSA) is 32.7 Å². The van der Waals surface area contributed by atoms with Crippen LogP contribution in [0.5, 0.6) is 5.75 Å². The van der Waals surface area contributed by atoms with E-state index in [1.807, 2.05) is 31.2 Å². The Morgan fingerprint density at radius 3 is 2.56 bits per heavy atom. The van der Waals surface area contributed by atoms with E-state index in [4.69, 9.17) is 4.74 Å². The maximum atomic E-state index is 9.94. The van der Waals surface area contributed by atoms with E-state index in [-0.39, 0.29) is 0 Å². The summed E-state index contributed by atoms with van der Waals surface area (Å²) in [5.74, 6) is 0.825. The van der Waals surface area contributed by atoms with Gasteiger partial charge in [-0.2, -0.15) is 0 Å². The Hall–Kier alpha value is -1.06. The third-order valence-electron chi connectivity index (χ3n) is 3.66. The highest BCUT2D eigenvalue weighted by molar-refractivity contribution is 5.26. The fourth-order valence-electron chi connectivity index (χ4n) is 2.19. The first kappa shape index (κ1) is 13.4. The average molecular weight is 249 g/mol. The van der Waals surface area contributed by atoms with Crippen LogP contribution in [-0.2, 0) is 0 Å². The molecule has 1 unspecified atom stereocenters. The summed E-state index contributed by atoms with van der Waals surface area (Å²) in [7, 11) is 2.08. The zero-order chi connectivity index (χ0) is 13.0. The number of aliphatic hydroxyl groups is 1. The van der Waals surface area contributed by atoms with E-state index in [2.05, 4.69) is 11.9 Å². The third kappa shape index (κ3) is 3.72. The molecule has 0 aliphatic heterocycles. The molecule has 3 nitrogen and oxygen atoms in total. The molecule has 18 heavy (non-hydrogen) atoms. The van der Waals surface area contributed by atoms with Crippen molar-refractivity contribution < 1.29 is 9.84 Å². The van der Waals surface area contributed by atoms with Crippen molar-refractivity contribution >= 4 is 0 Å². The number of nitrogens with zero attached hydrogens (tertiary/aromatic N) is 1. The highest BCUT2D eigenvalue weighted by atomic mass is 16.5. The SMILES string of the molecule is Cc1ccc(OCC(O)CN(C)C2CCC2)cc1. The van der Waals surface area contributed by atoms with E-state index < -0.39 is 6.10 Å². The Morgan fingerprint density at radius 1 is 1.33 bits per heavy atom. The summed E-state index contributed by atoms with van der Waals surface area (Å²) in [6.45, 7) is 3.10. The summed E-state index contributed by atoms with van der Waals surface area (Å²) in [6.07, 6.45) is 3.44. The smallest absolute Gasteiger partial charge is 0.119 e. The third-order valence-corrected chi connectivity index (χ3v) is 3.66. The van der Waals surface area contributed by atoms with E-state index in [0.717, 1.165) is 5.75 Å². The van der Waals surface area contributed by atoms with E-state index >= 15 is 0 Å². The minimum absolute atomic E-state index is 0.361. The Balaban J connectivity index is 1.70. The van der Waals surface area contributed by atoms with Gasteiger partial charge in [0.05, 0.1) is 0 Å². The zero-order valence-electron chi connectivity index (χ0n) is 11.3. The van der Waals surface area contributed by atoms with Gasteiger partial charge in [0.2, 0.25) is 0 Å². The molecule has 1 aromatic carbocycles. The van der Waals surface area contributed by atoms with Crippen LogP contribution in [-0.4, -0.2) is 42.4 Å². The van der Waals surface area contributed by atoms with E-state index in [0.29, 0.717) is 19.2 Å². The normalized spacial score (nSPS) is 17.6. The van der Waals surface area contributed by atoms with Crippen LogP contribution in [0.25, 0.3) is 0 Å². The van der Waals surface area contributed by atoms with Crippen molar-refractivity contribution in [2.24, 2.45) is 0 Å². The molecule has 1 atom stereocenters. The van der Waals surface area contributed by atoms with Crippen molar-refractivity contribution in [3.8, 4) is 5.75 Å². The quantitative estimate of drug-likeness (QED) is 0.839. The highest BCUT2D eigenvalue weighted by Crippen LogP contribution is 2.23. The van der Waals surface area contributed by atoms with Crippen LogP contribution >= 0.6 is 0 Å². The van der Waals surface area contributed by atoms with Gasteiger partial charge >= 0.3 is 0 Å². The Kier molecular flexibility index (Phi) is 4.61. The number of benzene rings is 1. The number of ether oxygens (including phenoxy) is 1. The summed E-state index contributed by atoms with van der Waals surface area (Å²) in [6, 6.07) is 8.58. The molecule has 100 valence electrons. The summed E-state index contributed by atoms with van der Waals surface area (Å²) >= 11 is 0. The number of aryl methyl sites for hydroxylation is 1. The molecule has 0 heterocycles. The number of rotatable bonds is 6. The monoisotopic (exact) mass is 249 g/mol. The number of aliphatic hydroxyl groups excluding tert-OH is 1. The van der Waals surface area contributed by atoms with Crippen LogP contribution in [0.4, 0.5) is 0 Å². The molecule has 2 rings (SSSR count). The van der Waals surface area contributed by atoms with Gasteiger partial charge in [-0.1, -0.05) is 24.1 Å². The van der Waals surface area contributed by atoms with Gasteiger partial charge in [-0.3, -0.25) is 0 Å². The van der Waals surface area contributed by atoms with Gasteiger partial charge in [0.25, 0.3) is 0 Å². The lowest BCUT2D eigenvalue weighted by atomic mass is 9.92. The Bertz CT molecular complexity index is 359. The van der Waals surface area contributed by atoms with Crippen LogP contribution < -0.4 is 4.74 Å². The summed E-state index contributed by atoms with van der Waals surface area (Å²) in [4.78, 5) is 2.24. The first-order valence-electron chi connectivity index (χ1n) is 6.73. The Morgan fingerprint density at radius 2 is 2.00 bits per heavy atom. The molecule has 0 aromatic heterocycles. The highest BCUT2D eigenvalue weighted by Gasteiger charge is 2.23. The van der Waals surface area contributed by atoms with Crippen molar-refractivity contribution in [1.29, 1.82) is 0 Å². The molecule has 1 fully saturated rings. The molecule has 3 heteroatoms. The summed E-state index contributed by atoms with van der Waals surface area (Å²) in [5.41, 5.74) is 1.22. The fraction of sp³-hybridized carbons (Fsp3) is 0.600. The maximum Gasteiger partial charge on any atom is 0.119 e. The van der Waals surface area contributed by atoms with E-state index in [9.17, 15) is 5.11 Å². The zero-order valence-corrected chi connectivity index (χ0v) is 11.3. The molecular formula is C15H23NO2. The molecule has 0 radical (unpaired) electrons. The first-order valence-corrected chi connectivity index (χ1v) is 6.73. The number of hydrogen-bond acceptors (Lipinski definition) is 3. The van der Waals surface area contributed by atoms with Crippen LogP contribution in [0, 0.1) is 6.92 Å². The predicted octanol–water partition coefficient (Wildman–Crippen LogP) is 2.22. The second-order valence-electron chi connectivity index (χ2n) is 5.30. The predicted molar refractivity (Wildman–Crippen MR) is 72.9 cm³/mol. The van der Waals surface area contributed by atoms with Crippen molar-refractivity contribution in [1.82, 2.24) is 4.90 Å². The number of hydrogen-bond donors (Lipinski definition) is 1. The minimum atomic E-state index is -0.420. The lowest BCUT2D eigenvalue weighted by Crippen LogP contribution is -2.42. The molecule has 1 aromatic rings. The van der Waals surface area contributed by atoms with Gasteiger partial charge in [0, 0.05) is 12.6 Å². The molecule has 1 N–H and O–H groups in total. The lowest BCUT2D eigenvalue weighted by molar-refractivity contribution is 0.0476. The molecule has 1 aliphatic rings. The molecule has 1 aliphatic carbocycles. The van der Waals surface area contributed by atoms with Crippen molar-refractivity contribution in [2.75, 3.05) is 20.2 Å². The van der Waals surface area contributed by atoms with Crippen LogP contribution in [0.3, 0.4) is 0 Å². The van der Waals surface area contributed by atoms with Gasteiger partial charge in [-0.05, 0) is 38.9 Å². The van der Waals surface area contributed by atoms with Crippen LogP contribution in [0.2, 0.25) is 0 Å². The second-order valence-corrected chi connectivity index (χ2v) is 5.30. The van der Waals surface area contributed by atoms with E-state index in [1.165, 1.54) is 24.8 Å². The van der Waals surface area contributed by atoms with Crippen molar-refractivity contribution in [2.45, 2.75) is 38.3 Å². The standard InChI is InChI=1S/C15H23NO2/c1-12-6-8-15(9-7-12)18-11-14(17)10-16(2)13-4-3-5-13/h6-9,13-14,17H,3-5,10-11H2,1-2H3. The summed E-state index contributed by atoms with van der Waals surface area (Å²) in [5, 5.41) is 9.94. The average Bonchev–Trinajstić information content (AvgIpc) is 2.25. The van der Waals surface area contributed by atoms with Gasteiger partial charge in [-0.15, -0.1) is 0 Å². The van der Waals surface area contributed by atoms with Gasteiger partial charge in [-0.25, -0.2) is 0 Å². The molecule has 0 saturated heterocycles. The van der Waals surface area contributed by atoms with Crippen molar-refractivity contribution in [3.05, 3.63) is 29.8 Å².